The van der Waals surface area contributed by atoms with Crippen LogP contribution in [-0.2, 0) is 10.0 Å². The van der Waals surface area contributed by atoms with E-state index in [9.17, 15) is 8.42 Å². The van der Waals surface area contributed by atoms with Crippen LogP contribution in [0.2, 0.25) is 0 Å². The average molecular weight is 348 g/mol. The fraction of sp³-hybridized carbons (Fsp3) is 0.0500. The molecule has 3 aromatic rings. The molecule has 3 rings (SSSR count). The number of nitriles is 1. The number of hydrogen-bond donors (Lipinski definition) is 1. The number of benzene rings is 3. The molecule has 0 spiro atoms. The van der Waals surface area contributed by atoms with E-state index in [1.54, 1.807) is 12.1 Å². The molecule has 0 radical (unpaired) electrons. The monoisotopic (exact) mass is 348 g/mol. The summed E-state index contributed by atoms with van der Waals surface area (Å²) in [6.07, 6.45) is 0. The smallest absolute Gasteiger partial charge is 0.207 e. The summed E-state index contributed by atoms with van der Waals surface area (Å²) in [5.74, 6) is 0. The van der Waals surface area contributed by atoms with E-state index in [0.717, 1.165) is 11.1 Å². The van der Waals surface area contributed by atoms with Crippen molar-refractivity contribution in [1.29, 1.82) is 5.26 Å². The minimum Gasteiger partial charge on any atom is -0.207 e. The molecule has 0 aromatic heterocycles. The zero-order chi connectivity index (χ0) is 17.7. The van der Waals surface area contributed by atoms with Gasteiger partial charge in [-0.05, 0) is 29.3 Å². The Kier molecular flexibility index (Phi) is 4.94. The standard InChI is InChI=1S/C20H16N2O2S/c21-15-16-8-7-13-19(14-16)25(23,24)22-20(17-9-3-1-4-10-17)18-11-5-2-6-12-18/h1-14,20,22H. The van der Waals surface area contributed by atoms with Gasteiger partial charge < -0.3 is 0 Å². The summed E-state index contributed by atoms with van der Waals surface area (Å²) in [5.41, 5.74) is 1.99. The van der Waals surface area contributed by atoms with Crippen LogP contribution in [0.3, 0.4) is 0 Å². The van der Waals surface area contributed by atoms with Gasteiger partial charge in [-0.3, -0.25) is 0 Å². The lowest BCUT2D eigenvalue weighted by Crippen LogP contribution is -2.29. The molecule has 0 aliphatic carbocycles. The van der Waals surface area contributed by atoms with Gasteiger partial charge in [0.15, 0.2) is 0 Å². The van der Waals surface area contributed by atoms with E-state index in [2.05, 4.69) is 4.72 Å². The second kappa shape index (κ2) is 7.31. The first kappa shape index (κ1) is 16.9. The van der Waals surface area contributed by atoms with Crippen LogP contribution < -0.4 is 4.72 Å². The van der Waals surface area contributed by atoms with Crippen molar-refractivity contribution in [1.82, 2.24) is 4.72 Å². The Bertz CT molecular complexity index is 955. The van der Waals surface area contributed by atoms with Crippen molar-refractivity contribution in [3.8, 4) is 6.07 Å². The third-order valence-electron chi connectivity index (χ3n) is 3.81. The first-order valence-corrected chi connectivity index (χ1v) is 9.21. The molecule has 0 amide bonds. The maximum absolute atomic E-state index is 12.8. The molecule has 0 saturated heterocycles. The van der Waals surface area contributed by atoms with Gasteiger partial charge in [0.1, 0.15) is 0 Å². The fourth-order valence-electron chi connectivity index (χ4n) is 2.58. The molecule has 0 bridgehead atoms. The van der Waals surface area contributed by atoms with Crippen molar-refractivity contribution in [2.75, 3.05) is 0 Å². The zero-order valence-corrected chi connectivity index (χ0v) is 14.1. The Hall–Kier alpha value is -2.94. The first-order chi connectivity index (χ1) is 12.1. The van der Waals surface area contributed by atoms with Gasteiger partial charge in [-0.15, -0.1) is 0 Å². The second-order valence-corrected chi connectivity index (χ2v) is 7.23. The lowest BCUT2D eigenvalue weighted by Gasteiger charge is -2.20. The van der Waals surface area contributed by atoms with Gasteiger partial charge in [0, 0.05) is 0 Å². The van der Waals surface area contributed by atoms with Crippen LogP contribution >= 0.6 is 0 Å². The Morgan fingerprint density at radius 1 is 0.800 bits per heavy atom. The maximum Gasteiger partial charge on any atom is 0.241 e. The van der Waals surface area contributed by atoms with E-state index in [1.807, 2.05) is 66.7 Å². The maximum atomic E-state index is 12.8. The van der Waals surface area contributed by atoms with Gasteiger partial charge in [0.05, 0.1) is 22.6 Å². The number of sulfonamides is 1. The van der Waals surface area contributed by atoms with Gasteiger partial charge in [-0.2, -0.15) is 9.98 Å². The molecule has 0 aliphatic rings. The van der Waals surface area contributed by atoms with Crippen molar-refractivity contribution in [2.45, 2.75) is 10.9 Å². The first-order valence-electron chi connectivity index (χ1n) is 7.72. The van der Waals surface area contributed by atoms with Gasteiger partial charge in [0.2, 0.25) is 10.0 Å². The van der Waals surface area contributed by atoms with Crippen LogP contribution in [0.15, 0.2) is 89.8 Å². The van der Waals surface area contributed by atoms with Gasteiger partial charge in [-0.1, -0.05) is 66.7 Å². The molecule has 0 aliphatic heterocycles. The largest absolute Gasteiger partial charge is 0.241 e. The SMILES string of the molecule is N#Cc1cccc(S(=O)(=O)NC(c2ccccc2)c2ccccc2)c1. The summed E-state index contributed by atoms with van der Waals surface area (Å²) in [5, 5.41) is 9.00. The predicted molar refractivity (Wildman–Crippen MR) is 96.2 cm³/mol. The molecule has 0 saturated carbocycles. The third-order valence-corrected chi connectivity index (χ3v) is 5.23. The lowest BCUT2D eigenvalue weighted by atomic mass is 10.00. The summed E-state index contributed by atoms with van der Waals surface area (Å²) in [7, 11) is -3.79. The third kappa shape index (κ3) is 3.94. The van der Waals surface area contributed by atoms with E-state index < -0.39 is 16.1 Å². The Labute approximate surface area is 147 Å². The topological polar surface area (TPSA) is 70.0 Å². The number of rotatable bonds is 5. The quantitative estimate of drug-likeness (QED) is 0.765. The minimum absolute atomic E-state index is 0.0726. The fourth-order valence-corrected chi connectivity index (χ4v) is 3.83. The van der Waals surface area contributed by atoms with E-state index in [-0.39, 0.29) is 4.90 Å². The molecule has 0 atom stereocenters. The van der Waals surface area contributed by atoms with Crippen LogP contribution in [0.25, 0.3) is 0 Å². The molecule has 0 fully saturated rings. The molecule has 5 heteroatoms. The van der Waals surface area contributed by atoms with Crippen LogP contribution in [0.5, 0.6) is 0 Å². The highest BCUT2D eigenvalue weighted by atomic mass is 32.2. The molecule has 0 unspecified atom stereocenters. The Morgan fingerprint density at radius 2 is 1.36 bits per heavy atom. The molecular weight excluding hydrogens is 332 g/mol. The highest BCUT2D eigenvalue weighted by molar-refractivity contribution is 7.89. The van der Waals surface area contributed by atoms with Crippen LogP contribution in [-0.4, -0.2) is 8.42 Å². The summed E-state index contributed by atoms with van der Waals surface area (Å²) < 4.78 is 28.4. The van der Waals surface area contributed by atoms with E-state index >= 15 is 0 Å². The predicted octanol–water partition coefficient (Wildman–Crippen LogP) is 3.63. The van der Waals surface area contributed by atoms with Crippen LogP contribution in [0.1, 0.15) is 22.7 Å². The van der Waals surface area contributed by atoms with Crippen LogP contribution in [0.4, 0.5) is 0 Å². The molecule has 124 valence electrons. The van der Waals surface area contributed by atoms with Crippen molar-refractivity contribution in [2.24, 2.45) is 0 Å². The summed E-state index contributed by atoms with van der Waals surface area (Å²) >= 11 is 0. The van der Waals surface area contributed by atoms with E-state index in [1.165, 1.54) is 12.1 Å². The Morgan fingerprint density at radius 3 is 1.88 bits per heavy atom. The summed E-state index contributed by atoms with van der Waals surface area (Å²) in [6.45, 7) is 0. The lowest BCUT2D eigenvalue weighted by molar-refractivity contribution is 0.572. The minimum atomic E-state index is -3.79. The van der Waals surface area contributed by atoms with Gasteiger partial charge in [-0.25, -0.2) is 8.42 Å². The zero-order valence-electron chi connectivity index (χ0n) is 13.3. The molecule has 25 heavy (non-hydrogen) atoms. The highest BCUT2D eigenvalue weighted by Crippen LogP contribution is 2.24. The van der Waals surface area contributed by atoms with Crippen molar-refractivity contribution >= 4 is 10.0 Å². The molecule has 1 N–H and O–H groups in total. The van der Waals surface area contributed by atoms with Crippen molar-refractivity contribution in [3.63, 3.8) is 0 Å². The Balaban J connectivity index is 2.02. The van der Waals surface area contributed by atoms with Gasteiger partial charge in [0.25, 0.3) is 0 Å². The van der Waals surface area contributed by atoms with Crippen molar-refractivity contribution < 1.29 is 8.42 Å². The second-order valence-electron chi connectivity index (χ2n) is 5.52. The van der Waals surface area contributed by atoms with Gasteiger partial charge >= 0.3 is 0 Å². The highest BCUT2D eigenvalue weighted by Gasteiger charge is 2.23. The van der Waals surface area contributed by atoms with Crippen molar-refractivity contribution in [3.05, 3.63) is 102 Å². The van der Waals surface area contributed by atoms with Crippen LogP contribution in [0, 0.1) is 11.3 Å². The summed E-state index contributed by atoms with van der Waals surface area (Å²) in [6, 6.07) is 26.2. The molecule has 3 aromatic carbocycles. The molecule has 0 heterocycles. The molecular formula is C20H16N2O2S. The number of nitrogens with one attached hydrogen (secondary N) is 1. The number of nitrogens with zero attached hydrogens (tertiary/aromatic N) is 1. The van der Waals surface area contributed by atoms with E-state index in [4.69, 9.17) is 5.26 Å². The van der Waals surface area contributed by atoms with E-state index in [0.29, 0.717) is 5.56 Å². The average Bonchev–Trinajstić information content (AvgIpc) is 2.67. The number of hydrogen-bond acceptors (Lipinski definition) is 3. The normalized spacial score (nSPS) is 11.2. The summed E-state index contributed by atoms with van der Waals surface area (Å²) in [4.78, 5) is 0.0726. The molecule has 4 nitrogen and oxygen atoms in total.